The minimum absolute atomic E-state index is 0.0458. The molecule has 2 aromatic rings. The number of hydrogen-bond acceptors (Lipinski definition) is 5. The van der Waals surface area contributed by atoms with Gasteiger partial charge in [0.15, 0.2) is 0 Å². The predicted octanol–water partition coefficient (Wildman–Crippen LogP) is 2.20. The Morgan fingerprint density at radius 3 is 1.67 bits per heavy atom. The van der Waals surface area contributed by atoms with Crippen molar-refractivity contribution < 1.29 is 30.4 Å². The molecule has 0 saturated carbocycles. The summed E-state index contributed by atoms with van der Waals surface area (Å²) in [4.78, 5) is 63.5. The normalized spacial score (nSPS) is 17.7. The van der Waals surface area contributed by atoms with E-state index >= 15 is 0 Å². The molecule has 4 rings (SSSR count). The average molecular weight is 407 g/mol. The molecule has 152 valence electrons. The van der Waals surface area contributed by atoms with Crippen LogP contribution in [-0.2, 0) is 4.79 Å². The lowest BCUT2D eigenvalue weighted by atomic mass is 10.1. The van der Waals surface area contributed by atoms with Gasteiger partial charge in [-0.2, -0.15) is 0 Å². The second-order valence-corrected chi connectivity index (χ2v) is 7.01. The molecule has 8 heteroatoms. The second kappa shape index (κ2) is 7.55. The van der Waals surface area contributed by atoms with Gasteiger partial charge in [-0.05, 0) is 43.5 Å². The van der Waals surface area contributed by atoms with Crippen molar-refractivity contribution in [3.05, 3.63) is 70.8 Å². The molecular formula is C22H18N2O6. The number of carboxylic acid groups (broad SMARTS) is 1. The van der Waals surface area contributed by atoms with Gasteiger partial charge in [-0.15, -0.1) is 0 Å². The Hall–Kier alpha value is -3.81. The number of carboxylic acids is 1. The molecular weight excluding hydrogens is 388 g/mol. The van der Waals surface area contributed by atoms with E-state index in [0.29, 0.717) is 16.0 Å². The third-order valence-corrected chi connectivity index (χ3v) is 5.23. The highest BCUT2D eigenvalue weighted by Crippen LogP contribution is 2.27. The largest absolute Gasteiger partial charge is 0.480 e. The highest BCUT2D eigenvalue weighted by molar-refractivity contribution is 6.23. The number of rotatable bonds is 7. The number of amides is 4. The smallest absolute Gasteiger partial charge is 0.326 e. The summed E-state index contributed by atoms with van der Waals surface area (Å²) in [5.74, 6) is -4.10. The second-order valence-electron chi connectivity index (χ2n) is 7.01. The molecule has 0 fully saturated rings. The first-order chi connectivity index (χ1) is 14.8. The van der Waals surface area contributed by atoms with Crippen LogP contribution >= 0.6 is 0 Å². The Kier molecular flexibility index (Phi) is 4.59. The van der Waals surface area contributed by atoms with Crippen molar-refractivity contribution in [3.63, 3.8) is 0 Å². The molecule has 0 radical (unpaired) electrons. The van der Waals surface area contributed by atoms with Gasteiger partial charge in [0, 0.05) is 6.54 Å². The van der Waals surface area contributed by atoms with Crippen LogP contribution in [0.1, 0.15) is 62.1 Å². The molecule has 1 N–H and O–H groups in total. The maximum atomic E-state index is 12.6. The van der Waals surface area contributed by atoms with Crippen molar-refractivity contribution in [1.82, 2.24) is 9.80 Å². The van der Waals surface area contributed by atoms with E-state index in [9.17, 15) is 29.1 Å². The maximum absolute atomic E-state index is 12.6. The SMILES string of the molecule is [2H]C(CCCCN1C(=O)c2ccccc2C1=O)(C(=O)O)N1C(=O)c2ccccc2C1=O. The van der Waals surface area contributed by atoms with Crippen LogP contribution in [0.15, 0.2) is 48.5 Å². The van der Waals surface area contributed by atoms with E-state index in [0.717, 1.165) is 4.90 Å². The minimum Gasteiger partial charge on any atom is -0.480 e. The number of unbranched alkanes of at least 4 members (excludes halogenated alkanes) is 1. The van der Waals surface area contributed by atoms with Crippen LogP contribution in [0.4, 0.5) is 0 Å². The number of benzene rings is 2. The monoisotopic (exact) mass is 407 g/mol. The van der Waals surface area contributed by atoms with Crippen LogP contribution < -0.4 is 0 Å². The fraction of sp³-hybridized carbons (Fsp3) is 0.227. The van der Waals surface area contributed by atoms with Crippen molar-refractivity contribution in [2.75, 3.05) is 6.54 Å². The summed E-state index contributed by atoms with van der Waals surface area (Å²) in [6.07, 6.45) is -0.00384. The van der Waals surface area contributed by atoms with E-state index in [2.05, 4.69) is 0 Å². The van der Waals surface area contributed by atoms with Gasteiger partial charge in [-0.1, -0.05) is 24.3 Å². The van der Waals surface area contributed by atoms with Crippen molar-refractivity contribution in [1.29, 1.82) is 0 Å². The zero-order valence-electron chi connectivity index (χ0n) is 16.8. The molecule has 0 aliphatic carbocycles. The molecule has 8 nitrogen and oxygen atoms in total. The highest BCUT2D eigenvalue weighted by atomic mass is 16.4. The lowest BCUT2D eigenvalue weighted by Gasteiger charge is -2.22. The topological polar surface area (TPSA) is 112 Å². The van der Waals surface area contributed by atoms with Crippen LogP contribution in [0, 0.1) is 0 Å². The average Bonchev–Trinajstić information content (AvgIpc) is 3.16. The molecule has 2 aliphatic rings. The fourth-order valence-electron chi connectivity index (χ4n) is 3.75. The summed E-state index contributed by atoms with van der Waals surface area (Å²) < 4.78 is 8.42. The molecule has 0 aromatic heterocycles. The first-order valence-corrected chi connectivity index (χ1v) is 9.44. The molecule has 0 spiro atoms. The number of fused-ring (bicyclic) bond motifs is 2. The standard InChI is InChI=1S/C22H18N2O6/c25-18-13-7-1-2-8-14(13)19(26)23(18)12-6-5-11-17(22(29)30)24-20(27)15-9-3-4-10-16(15)21(24)28/h1-4,7-10,17H,5-6,11-12H2,(H,29,30)/i17D. The van der Waals surface area contributed by atoms with E-state index < -0.39 is 35.6 Å². The third kappa shape index (κ3) is 3.06. The Balaban J connectivity index is 1.44. The van der Waals surface area contributed by atoms with Gasteiger partial charge in [-0.25, -0.2) is 4.79 Å². The number of nitrogens with zero attached hydrogens (tertiary/aromatic N) is 2. The van der Waals surface area contributed by atoms with E-state index in [1.165, 1.54) is 12.1 Å². The summed E-state index contributed by atoms with van der Waals surface area (Å²) in [6.45, 7) is 0.0458. The Morgan fingerprint density at radius 1 is 0.800 bits per heavy atom. The van der Waals surface area contributed by atoms with Crippen LogP contribution in [0.25, 0.3) is 0 Å². The zero-order valence-corrected chi connectivity index (χ0v) is 15.8. The molecule has 1 unspecified atom stereocenters. The molecule has 1 atom stereocenters. The Bertz CT molecular complexity index is 1080. The Morgan fingerprint density at radius 2 is 1.23 bits per heavy atom. The lowest BCUT2D eigenvalue weighted by molar-refractivity contribution is -0.141. The number of hydrogen-bond donors (Lipinski definition) is 1. The predicted molar refractivity (Wildman–Crippen MR) is 104 cm³/mol. The van der Waals surface area contributed by atoms with Gasteiger partial charge in [0.05, 0.1) is 23.6 Å². The van der Waals surface area contributed by atoms with Gasteiger partial charge >= 0.3 is 5.97 Å². The van der Waals surface area contributed by atoms with Gasteiger partial charge < -0.3 is 5.11 Å². The van der Waals surface area contributed by atoms with Gasteiger partial charge in [0.25, 0.3) is 23.6 Å². The van der Waals surface area contributed by atoms with E-state index in [1.54, 1.807) is 36.4 Å². The van der Waals surface area contributed by atoms with Gasteiger partial charge in [-0.3, -0.25) is 29.0 Å². The van der Waals surface area contributed by atoms with Gasteiger partial charge in [0.2, 0.25) is 0 Å². The van der Waals surface area contributed by atoms with Crippen LogP contribution in [0.5, 0.6) is 0 Å². The van der Waals surface area contributed by atoms with Crippen molar-refractivity contribution >= 4 is 29.6 Å². The number of carbonyl (C=O) groups is 5. The quantitative estimate of drug-likeness (QED) is 0.556. The summed E-state index contributed by atoms with van der Waals surface area (Å²) in [5, 5.41) is 9.67. The zero-order chi connectivity index (χ0) is 22.3. The van der Waals surface area contributed by atoms with E-state index in [4.69, 9.17) is 1.37 Å². The molecule has 0 bridgehead atoms. The molecule has 30 heavy (non-hydrogen) atoms. The first-order valence-electron chi connectivity index (χ1n) is 9.94. The third-order valence-electron chi connectivity index (χ3n) is 5.23. The molecule has 2 aromatic carbocycles. The van der Waals surface area contributed by atoms with Crippen LogP contribution in [0.2, 0.25) is 0 Å². The van der Waals surface area contributed by atoms with Crippen molar-refractivity contribution in [2.24, 2.45) is 0 Å². The molecule has 2 heterocycles. The summed E-state index contributed by atoms with van der Waals surface area (Å²) in [5.41, 5.74) is 0.769. The lowest BCUT2D eigenvalue weighted by Crippen LogP contribution is -2.44. The van der Waals surface area contributed by atoms with Gasteiger partial charge in [0.1, 0.15) is 6.02 Å². The molecule has 2 aliphatic heterocycles. The van der Waals surface area contributed by atoms with Crippen molar-refractivity contribution in [2.45, 2.75) is 25.3 Å². The fourth-order valence-corrected chi connectivity index (χ4v) is 3.75. The first kappa shape index (κ1) is 18.2. The Labute approximate surface area is 173 Å². The number of carbonyl (C=O) groups excluding carboxylic acids is 4. The van der Waals surface area contributed by atoms with Crippen LogP contribution in [-0.4, -0.2) is 57.1 Å². The van der Waals surface area contributed by atoms with Crippen molar-refractivity contribution in [3.8, 4) is 0 Å². The number of aliphatic carboxylic acids is 1. The maximum Gasteiger partial charge on any atom is 0.326 e. The minimum atomic E-state index is -2.49. The molecule has 0 saturated heterocycles. The highest BCUT2D eigenvalue weighted by Gasteiger charge is 2.42. The number of imide groups is 2. The molecule has 4 amide bonds. The van der Waals surface area contributed by atoms with E-state index in [-0.39, 0.29) is 36.9 Å². The summed E-state index contributed by atoms with van der Waals surface area (Å²) in [6, 6.07) is 9.92. The van der Waals surface area contributed by atoms with E-state index in [1.807, 2.05) is 0 Å². The summed E-state index contributed by atoms with van der Waals surface area (Å²) in [7, 11) is 0. The summed E-state index contributed by atoms with van der Waals surface area (Å²) >= 11 is 0. The van der Waals surface area contributed by atoms with Crippen LogP contribution in [0.3, 0.4) is 0 Å².